The van der Waals surface area contributed by atoms with E-state index in [1.807, 2.05) is 29.2 Å². The van der Waals surface area contributed by atoms with Gasteiger partial charge in [0.1, 0.15) is 0 Å². The highest BCUT2D eigenvalue weighted by molar-refractivity contribution is 9.10. The third kappa shape index (κ3) is 2.80. The number of likely N-dealkylation sites (tertiary alicyclic amines) is 1. The van der Waals surface area contributed by atoms with E-state index in [1.165, 1.54) is 0 Å². The second-order valence-electron chi connectivity index (χ2n) is 4.10. The van der Waals surface area contributed by atoms with E-state index in [0.717, 1.165) is 29.4 Å². The average molecular weight is 290 g/mol. The summed E-state index contributed by atoms with van der Waals surface area (Å²) in [5.41, 5.74) is 1.14. The van der Waals surface area contributed by atoms with E-state index in [-0.39, 0.29) is 12.6 Å². The summed E-state index contributed by atoms with van der Waals surface area (Å²) >= 11 is 3.38. The molecular formula is C12H14BrF2N. The molecule has 0 amide bonds. The van der Waals surface area contributed by atoms with Crippen molar-refractivity contribution in [3.05, 3.63) is 34.3 Å². The minimum absolute atomic E-state index is 0.110. The minimum atomic E-state index is -2.24. The van der Waals surface area contributed by atoms with Crippen LogP contribution in [0.3, 0.4) is 0 Å². The monoisotopic (exact) mass is 289 g/mol. The molecular weight excluding hydrogens is 276 g/mol. The Hall–Kier alpha value is -0.480. The quantitative estimate of drug-likeness (QED) is 0.817. The fourth-order valence-corrected chi connectivity index (χ4v) is 2.55. The third-order valence-electron chi connectivity index (χ3n) is 2.99. The molecule has 1 aliphatic rings. The molecule has 1 saturated heterocycles. The molecule has 0 aliphatic carbocycles. The van der Waals surface area contributed by atoms with Crippen molar-refractivity contribution in [1.82, 2.24) is 4.90 Å². The Bertz CT molecular complexity index is 339. The van der Waals surface area contributed by atoms with Crippen LogP contribution in [-0.4, -0.2) is 24.4 Å². The fraction of sp³-hybridized carbons (Fsp3) is 0.500. The van der Waals surface area contributed by atoms with E-state index in [2.05, 4.69) is 15.9 Å². The molecule has 1 heterocycles. The van der Waals surface area contributed by atoms with Gasteiger partial charge in [0, 0.05) is 10.5 Å². The van der Waals surface area contributed by atoms with Crippen molar-refractivity contribution in [2.24, 2.45) is 0 Å². The normalized spacial score (nSPS) is 21.9. The van der Waals surface area contributed by atoms with Gasteiger partial charge in [-0.1, -0.05) is 28.1 Å². The lowest BCUT2D eigenvalue weighted by molar-refractivity contribution is 0.0822. The van der Waals surface area contributed by atoms with Crippen LogP contribution in [0.1, 0.15) is 24.4 Å². The topological polar surface area (TPSA) is 3.24 Å². The highest BCUT2D eigenvalue weighted by Crippen LogP contribution is 2.32. The number of benzene rings is 1. The van der Waals surface area contributed by atoms with Crippen LogP contribution in [0, 0.1) is 0 Å². The van der Waals surface area contributed by atoms with E-state index in [0.29, 0.717) is 0 Å². The van der Waals surface area contributed by atoms with Gasteiger partial charge in [-0.15, -0.1) is 0 Å². The van der Waals surface area contributed by atoms with E-state index < -0.39 is 6.43 Å². The highest BCUT2D eigenvalue weighted by atomic mass is 79.9. The summed E-state index contributed by atoms with van der Waals surface area (Å²) in [5, 5.41) is 0. The predicted octanol–water partition coefficient (Wildman–Crippen LogP) is 3.85. The standard InChI is InChI=1S/C12H14BrF2N/c13-10-5-3-9(4-6-10)11-2-1-7-16(11)8-12(14)15/h3-6,11-12H,1-2,7-8H2. The van der Waals surface area contributed by atoms with Crippen molar-refractivity contribution in [3.63, 3.8) is 0 Å². The zero-order valence-electron chi connectivity index (χ0n) is 8.87. The maximum Gasteiger partial charge on any atom is 0.251 e. The van der Waals surface area contributed by atoms with Crippen LogP contribution < -0.4 is 0 Å². The molecule has 0 aromatic heterocycles. The van der Waals surface area contributed by atoms with Gasteiger partial charge in [0.2, 0.25) is 0 Å². The van der Waals surface area contributed by atoms with Crippen molar-refractivity contribution in [1.29, 1.82) is 0 Å². The van der Waals surface area contributed by atoms with E-state index in [1.54, 1.807) is 0 Å². The van der Waals surface area contributed by atoms with Crippen molar-refractivity contribution in [2.45, 2.75) is 25.3 Å². The average Bonchev–Trinajstić information content (AvgIpc) is 2.66. The molecule has 0 spiro atoms. The highest BCUT2D eigenvalue weighted by Gasteiger charge is 2.27. The van der Waals surface area contributed by atoms with Gasteiger partial charge in [-0.05, 0) is 37.1 Å². The number of hydrogen-bond acceptors (Lipinski definition) is 1. The first-order chi connectivity index (χ1) is 7.66. The lowest BCUT2D eigenvalue weighted by Gasteiger charge is -2.24. The summed E-state index contributed by atoms with van der Waals surface area (Å²) in [5.74, 6) is 0. The van der Waals surface area contributed by atoms with Crippen LogP contribution in [0.15, 0.2) is 28.7 Å². The van der Waals surface area contributed by atoms with Crippen molar-refractivity contribution < 1.29 is 8.78 Å². The molecule has 0 bridgehead atoms. The van der Waals surface area contributed by atoms with Gasteiger partial charge in [-0.2, -0.15) is 0 Å². The van der Waals surface area contributed by atoms with Gasteiger partial charge in [0.05, 0.1) is 6.54 Å². The summed E-state index contributed by atoms with van der Waals surface area (Å²) in [6.45, 7) is 0.672. The SMILES string of the molecule is FC(F)CN1CCCC1c1ccc(Br)cc1. The van der Waals surface area contributed by atoms with Crippen LogP contribution in [-0.2, 0) is 0 Å². The largest absolute Gasteiger partial charge is 0.291 e. The first-order valence-corrected chi connectivity index (χ1v) is 6.24. The van der Waals surface area contributed by atoms with Gasteiger partial charge in [-0.25, -0.2) is 8.78 Å². The second-order valence-corrected chi connectivity index (χ2v) is 5.01. The maximum absolute atomic E-state index is 12.4. The Morgan fingerprint density at radius 1 is 1.31 bits per heavy atom. The molecule has 0 saturated carbocycles. The zero-order chi connectivity index (χ0) is 11.5. The third-order valence-corrected chi connectivity index (χ3v) is 3.52. The molecule has 0 radical (unpaired) electrons. The molecule has 2 rings (SSSR count). The predicted molar refractivity (Wildman–Crippen MR) is 63.7 cm³/mol. The van der Waals surface area contributed by atoms with Crippen LogP contribution in [0.5, 0.6) is 0 Å². The number of hydrogen-bond donors (Lipinski definition) is 0. The molecule has 1 nitrogen and oxygen atoms in total. The van der Waals surface area contributed by atoms with Gasteiger partial charge < -0.3 is 0 Å². The molecule has 1 fully saturated rings. The number of halogens is 3. The lowest BCUT2D eigenvalue weighted by atomic mass is 10.0. The Morgan fingerprint density at radius 2 is 2.00 bits per heavy atom. The number of rotatable bonds is 3. The molecule has 0 N–H and O–H groups in total. The fourth-order valence-electron chi connectivity index (χ4n) is 2.28. The summed E-state index contributed by atoms with van der Waals surface area (Å²) in [7, 11) is 0. The van der Waals surface area contributed by atoms with Gasteiger partial charge >= 0.3 is 0 Å². The molecule has 16 heavy (non-hydrogen) atoms. The van der Waals surface area contributed by atoms with E-state index in [4.69, 9.17) is 0 Å². The first-order valence-electron chi connectivity index (χ1n) is 5.44. The number of alkyl halides is 2. The van der Waals surface area contributed by atoms with Crippen LogP contribution in [0.4, 0.5) is 8.78 Å². The van der Waals surface area contributed by atoms with E-state index in [9.17, 15) is 8.78 Å². The molecule has 1 aliphatic heterocycles. The van der Waals surface area contributed by atoms with Gasteiger partial charge in [0.25, 0.3) is 6.43 Å². The van der Waals surface area contributed by atoms with Gasteiger partial charge in [-0.3, -0.25) is 4.90 Å². The van der Waals surface area contributed by atoms with Crippen molar-refractivity contribution in [3.8, 4) is 0 Å². The Kier molecular flexibility index (Phi) is 3.92. The number of nitrogens with zero attached hydrogens (tertiary/aromatic N) is 1. The minimum Gasteiger partial charge on any atom is -0.291 e. The molecule has 1 aromatic carbocycles. The van der Waals surface area contributed by atoms with Crippen LogP contribution in [0.25, 0.3) is 0 Å². The smallest absolute Gasteiger partial charge is 0.251 e. The Labute approximate surface area is 103 Å². The summed E-state index contributed by atoms with van der Waals surface area (Å²) in [4.78, 5) is 1.88. The summed E-state index contributed by atoms with van der Waals surface area (Å²) < 4.78 is 25.8. The van der Waals surface area contributed by atoms with Crippen LogP contribution in [0.2, 0.25) is 0 Å². The maximum atomic E-state index is 12.4. The zero-order valence-corrected chi connectivity index (χ0v) is 10.5. The van der Waals surface area contributed by atoms with Crippen molar-refractivity contribution in [2.75, 3.05) is 13.1 Å². The molecule has 1 aromatic rings. The Balaban J connectivity index is 2.10. The van der Waals surface area contributed by atoms with Crippen LogP contribution >= 0.6 is 15.9 Å². The molecule has 1 unspecified atom stereocenters. The van der Waals surface area contributed by atoms with E-state index >= 15 is 0 Å². The molecule has 4 heteroatoms. The van der Waals surface area contributed by atoms with Crippen molar-refractivity contribution >= 4 is 15.9 Å². The Morgan fingerprint density at radius 3 is 2.62 bits per heavy atom. The lowest BCUT2D eigenvalue weighted by Crippen LogP contribution is -2.28. The summed E-state index contributed by atoms with van der Waals surface area (Å²) in [6, 6.07) is 8.13. The summed E-state index contributed by atoms with van der Waals surface area (Å²) in [6.07, 6.45) is -0.252. The first kappa shape index (κ1) is 12.0. The van der Waals surface area contributed by atoms with Gasteiger partial charge in [0.15, 0.2) is 0 Å². The second kappa shape index (κ2) is 5.23. The molecule has 88 valence electrons. The molecule has 1 atom stereocenters.